The Balaban J connectivity index is 0.00000484. The highest BCUT2D eigenvalue weighted by Crippen LogP contribution is 2.15. The standard InChI is InChI=1S/C21H37N.HI/c1-4-5-6-7-8-9-10-11-15-18-21(22(2)3)19-20-16-13-12-14-17-20;/h12-14,16-17,21H,4-11,15,18-19H2,1-3H3;1H. The number of likely N-dealkylation sites (N-methyl/N-ethyl adjacent to an activating group) is 1. The molecule has 23 heavy (non-hydrogen) atoms. The largest absolute Gasteiger partial charge is 0.306 e. The molecule has 0 radical (unpaired) electrons. The summed E-state index contributed by atoms with van der Waals surface area (Å²) in [6.45, 7) is 2.29. The van der Waals surface area contributed by atoms with Crippen LogP contribution in [0.3, 0.4) is 0 Å². The molecule has 1 unspecified atom stereocenters. The number of nitrogens with zero attached hydrogens (tertiary/aromatic N) is 1. The highest BCUT2D eigenvalue weighted by molar-refractivity contribution is 14.0. The third-order valence-corrected chi connectivity index (χ3v) is 4.69. The van der Waals surface area contributed by atoms with E-state index in [0.29, 0.717) is 6.04 Å². The minimum Gasteiger partial charge on any atom is -0.306 e. The molecule has 134 valence electrons. The molecule has 0 spiro atoms. The van der Waals surface area contributed by atoms with Crippen molar-refractivity contribution in [2.24, 2.45) is 0 Å². The molecule has 0 fully saturated rings. The maximum absolute atomic E-state index is 2.40. The van der Waals surface area contributed by atoms with Crippen molar-refractivity contribution in [3.05, 3.63) is 35.9 Å². The molecular weight excluding hydrogens is 393 g/mol. The van der Waals surface area contributed by atoms with Gasteiger partial charge in [-0.1, -0.05) is 95.0 Å². The van der Waals surface area contributed by atoms with Gasteiger partial charge in [-0.25, -0.2) is 0 Å². The lowest BCUT2D eigenvalue weighted by atomic mass is 9.98. The molecule has 0 aliphatic carbocycles. The van der Waals surface area contributed by atoms with Gasteiger partial charge in [0.05, 0.1) is 0 Å². The van der Waals surface area contributed by atoms with Crippen LogP contribution in [0.4, 0.5) is 0 Å². The lowest BCUT2D eigenvalue weighted by molar-refractivity contribution is 0.269. The second-order valence-corrected chi connectivity index (χ2v) is 6.92. The summed E-state index contributed by atoms with van der Waals surface area (Å²) in [5.41, 5.74) is 1.47. The third kappa shape index (κ3) is 12.0. The van der Waals surface area contributed by atoms with Crippen LogP contribution in [0.25, 0.3) is 0 Å². The Labute approximate surface area is 162 Å². The molecule has 1 atom stereocenters. The fourth-order valence-electron chi connectivity index (χ4n) is 3.12. The molecule has 1 aromatic rings. The van der Waals surface area contributed by atoms with Crippen molar-refractivity contribution in [1.29, 1.82) is 0 Å². The number of rotatable bonds is 13. The van der Waals surface area contributed by atoms with Crippen molar-refractivity contribution in [1.82, 2.24) is 4.90 Å². The average Bonchev–Trinajstić information content (AvgIpc) is 2.53. The van der Waals surface area contributed by atoms with E-state index in [1.165, 1.54) is 76.2 Å². The van der Waals surface area contributed by atoms with Crippen molar-refractivity contribution in [3.63, 3.8) is 0 Å². The van der Waals surface area contributed by atoms with Gasteiger partial charge in [-0.3, -0.25) is 0 Å². The first-order chi connectivity index (χ1) is 10.7. The Morgan fingerprint density at radius 1 is 0.783 bits per heavy atom. The fourth-order valence-corrected chi connectivity index (χ4v) is 3.12. The summed E-state index contributed by atoms with van der Waals surface area (Å²) in [5.74, 6) is 0. The highest BCUT2D eigenvalue weighted by Gasteiger charge is 2.11. The molecular formula is C21H38IN. The Kier molecular flexibility index (Phi) is 15.4. The van der Waals surface area contributed by atoms with Gasteiger partial charge in [-0.2, -0.15) is 0 Å². The predicted octanol–water partition coefficient (Wildman–Crippen LogP) is 6.70. The van der Waals surface area contributed by atoms with Gasteiger partial charge in [0.2, 0.25) is 0 Å². The summed E-state index contributed by atoms with van der Waals surface area (Å²) < 4.78 is 0. The second-order valence-electron chi connectivity index (χ2n) is 6.92. The molecule has 2 heteroatoms. The van der Waals surface area contributed by atoms with Crippen molar-refractivity contribution in [3.8, 4) is 0 Å². The van der Waals surface area contributed by atoms with E-state index < -0.39 is 0 Å². The van der Waals surface area contributed by atoms with Crippen molar-refractivity contribution < 1.29 is 0 Å². The Morgan fingerprint density at radius 3 is 1.83 bits per heavy atom. The van der Waals surface area contributed by atoms with Crippen LogP contribution in [0.1, 0.15) is 76.7 Å². The zero-order valence-electron chi connectivity index (χ0n) is 15.6. The molecule has 0 aromatic heterocycles. The molecule has 0 aliphatic rings. The number of benzene rings is 1. The molecule has 1 nitrogen and oxygen atoms in total. The number of hydrogen-bond acceptors (Lipinski definition) is 1. The van der Waals surface area contributed by atoms with Gasteiger partial charge in [-0.15, -0.1) is 24.0 Å². The van der Waals surface area contributed by atoms with Gasteiger partial charge in [0.15, 0.2) is 0 Å². The van der Waals surface area contributed by atoms with Crippen molar-refractivity contribution >= 4 is 24.0 Å². The van der Waals surface area contributed by atoms with E-state index in [0.717, 1.165) is 0 Å². The molecule has 0 heterocycles. The first-order valence-corrected chi connectivity index (χ1v) is 9.44. The molecule has 0 amide bonds. The van der Waals surface area contributed by atoms with Gasteiger partial charge in [0.1, 0.15) is 0 Å². The van der Waals surface area contributed by atoms with Gasteiger partial charge < -0.3 is 4.90 Å². The monoisotopic (exact) mass is 431 g/mol. The Bertz CT molecular complexity index is 350. The summed E-state index contributed by atoms with van der Waals surface area (Å²) in [6, 6.07) is 11.6. The van der Waals surface area contributed by atoms with Crippen LogP contribution >= 0.6 is 24.0 Å². The third-order valence-electron chi connectivity index (χ3n) is 4.69. The van der Waals surface area contributed by atoms with Crippen molar-refractivity contribution in [2.75, 3.05) is 14.1 Å². The van der Waals surface area contributed by atoms with Crippen LogP contribution in [0.15, 0.2) is 30.3 Å². The molecule has 0 aliphatic heterocycles. The van der Waals surface area contributed by atoms with Crippen LogP contribution in [0.2, 0.25) is 0 Å². The van der Waals surface area contributed by atoms with E-state index in [1.807, 2.05) is 0 Å². The zero-order valence-corrected chi connectivity index (χ0v) is 17.9. The number of hydrogen-bond donors (Lipinski definition) is 0. The first kappa shape index (κ1) is 22.9. The van der Waals surface area contributed by atoms with Crippen molar-refractivity contribution in [2.45, 2.75) is 83.6 Å². The maximum Gasteiger partial charge on any atom is 0.0130 e. The number of halogens is 1. The Morgan fingerprint density at radius 2 is 1.30 bits per heavy atom. The highest BCUT2D eigenvalue weighted by atomic mass is 127. The number of unbranched alkanes of at least 4 members (excludes halogenated alkanes) is 8. The van der Waals surface area contributed by atoms with E-state index in [4.69, 9.17) is 0 Å². The molecule has 1 aromatic carbocycles. The van der Waals surface area contributed by atoms with Crippen LogP contribution in [0.5, 0.6) is 0 Å². The molecule has 0 saturated heterocycles. The van der Waals surface area contributed by atoms with E-state index >= 15 is 0 Å². The van der Waals surface area contributed by atoms with Gasteiger partial charge in [0, 0.05) is 6.04 Å². The average molecular weight is 431 g/mol. The topological polar surface area (TPSA) is 3.24 Å². The van der Waals surface area contributed by atoms with Gasteiger partial charge in [-0.05, 0) is 32.5 Å². The Hall–Kier alpha value is -0.0900. The molecule has 1 rings (SSSR count). The van der Waals surface area contributed by atoms with Gasteiger partial charge >= 0.3 is 0 Å². The quantitative estimate of drug-likeness (QED) is 0.248. The second kappa shape index (κ2) is 15.4. The lowest BCUT2D eigenvalue weighted by Gasteiger charge is -2.24. The van der Waals surface area contributed by atoms with Gasteiger partial charge in [0.25, 0.3) is 0 Å². The van der Waals surface area contributed by atoms with Crippen LogP contribution < -0.4 is 0 Å². The summed E-state index contributed by atoms with van der Waals surface area (Å²) in [5, 5.41) is 0. The minimum absolute atomic E-state index is 0. The SMILES string of the molecule is CCCCCCCCCCCC(Cc1ccccc1)N(C)C.I. The van der Waals surface area contributed by atoms with E-state index in [-0.39, 0.29) is 24.0 Å². The first-order valence-electron chi connectivity index (χ1n) is 9.44. The smallest absolute Gasteiger partial charge is 0.0130 e. The predicted molar refractivity (Wildman–Crippen MR) is 115 cm³/mol. The van der Waals surface area contributed by atoms with E-state index in [2.05, 4.69) is 56.3 Å². The summed E-state index contributed by atoms with van der Waals surface area (Å²) in [4.78, 5) is 2.40. The zero-order chi connectivity index (χ0) is 16.0. The summed E-state index contributed by atoms with van der Waals surface area (Å²) in [6.07, 6.45) is 15.3. The van der Waals surface area contributed by atoms with Crippen LogP contribution in [-0.2, 0) is 6.42 Å². The minimum atomic E-state index is 0. The summed E-state index contributed by atoms with van der Waals surface area (Å²) >= 11 is 0. The molecule has 0 N–H and O–H groups in total. The normalized spacial score (nSPS) is 12.2. The maximum atomic E-state index is 2.40. The van der Waals surface area contributed by atoms with Crippen LogP contribution in [-0.4, -0.2) is 25.0 Å². The fraction of sp³-hybridized carbons (Fsp3) is 0.714. The van der Waals surface area contributed by atoms with Crippen LogP contribution in [0, 0.1) is 0 Å². The van der Waals surface area contributed by atoms with E-state index in [9.17, 15) is 0 Å². The summed E-state index contributed by atoms with van der Waals surface area (Å²) in [7, 11) is 4.45. The van der Waals surface area contributed by atoms with E-state index in [1.54, 1.807) is 0 Å². The lowest BCUT2D eigenvalue weighted by Crippen LogP contribution is -2.30. The molecule has 0 saturated carbocycles. The molecule has 0 bridgehead atoms.